The molecule has 0 atom stereocenters. The normalized spacial score (nSPS) is 10.4. The molecule has 2 rings (SSSR count). The smallest absolute Gasteiger partial charge is 0.360 e. The van der Waals surface area contributed by atoms with E-state index in [1.54, 1.807) is 6.07 Å². The summed E-state index contributed by atoms with van der Waals surface area (Å²) in [5.41, 5.74) is -0.0271. The van der Waals surface area contributed by atoms with E-state index in [9.17, 15) is 4.79 Å². The maximum absolute atomic E-state index is 10.7. The zero-order valence-electron chi connectivity index (χ0n) is 7.21. The Morgan fingerprint density at radius 2 is 2.43 bits per heavy atom. The number of ether oxygens (including phenoxy) is 1. The van der Waals surface area contributed by atoms with Gasteiger partial charge in [-0.05, 0) is 0 Å². The van der Waals surface area contributed by atoms with E-state index in [-0.39, 0.29) is 11.3 Å². The van der Waals surface area contributed by atoms with Gasteiger partial charge in [-0.2, -0.15) is 4.98 Å². The molecule has 2 aromatic rings. The summed E-state index contributed by atoms with van der Waals surface area (Å²) in [5.74, 6) is -0.844. The molecule has 0 fully saturated rings. The lowest BCUT2D eigenvalue weighted by Gasteiger charge is -1.97. The van der Waals surface area contributed by atoms with Crippen LogP contribution in [0.2, 0.25) is 0 Å². The van der Waals surface area contributed by atoms with E-state index < -0.39 is 5.97 Å². The fourth-order valence-electron chi connectivity index (χ4n) is 1.02. The number of nitrogens with zero attached hydrogens (tertiary/aromatic N) is 4. The number of rotatable bonds is 2. The Morgan fingerprint density at radius 1 is 1.64 bits per heavy atom. The zero-order chi connectivity index (χ0) is 10.1. The van der Waals surface area contributed by atoms with E-state index >= 15 is 0 Å². The van der Waals surface area contributed by atoms with Gasteiger partial charge < -0.3 is 9.84 Å². The Bertz CT molecular complexity index is 493. The minimum atomic E-state index is -1.17. The molecule has 0 radical (unpaired) electrons. The number of aromatic nitrogens is 4. The highest BCUT2D eigenvalue weighted by atomic mass is 16.5. The standard InChI is InChI=1S/C7H6N4O3/c1-14-4-2-3-11-6(8-4)5(7(12)13)9-10-11/h2-3H,1H3,(H,12,13). The number of methoxy groups -OCH3 is 1. The van der Waals surface area contributed by atoms with Gasteiger partial charge in [-0.3, -0.25) is 0 Å². The summed E-state index contributed by atoms with van der Waals surface area (Å²) in [5, 5.41) is 15.8. The summed E-state index contributed by atoms with van der Waals surface area (Å²) in [6.07, 6.45) is 1.53. The van der Waals surface area contributed by atoms with Crippen LogP contribution in [0.15, 0.2) is 12.3 Å². The van der Waals surface area contributed by atoms with Gasteiger partial charge in [0, 0.05) is 12.3 Å². The molecular formula is C7H6N4O3. The molecule has 0 amide bonds. The minimum absolute atomic E-state index is 0.164. The predicted octanol–water partition coefficient (Wildman–Crippen LogP) is -0.169. The average molecular weight is 194 g/mol. The van der Waals surface area contributed by atoms with E-state index in [0.29, 0.717) is 5.88 Å². The number of hydrogen-bond acceptors (Lipinski definition) is 5. The summed E-state index contributed by atoms with van der Waals surface area (Å²) in [6, 6.07) is 1.56. The van der Waals surface area contributed by atoms with Crippen molar-refractivity contribution in [3.8, 4) is 5.88 Å². The van der Waals surface area contributed by atoms with Crippen LogP contribution < -0.4 is 4.74 Å². The molecule has 2 heterocycles. The van der Waals surface area contributed by atoms with Crippen molar-refractivity contribution >= 4 is 11.6 Å². The van der Waals surface area contributed by atoms with Gasteiger partial charge in [0.25, 0.3) is 0 Å². The molecule has 0 aliphatic rings. The number of carboxylic acid groups (broad SMARTS) is 1. The molecule has 7 nitrogen and oxygen atoms in total. The molecule has 1 N–H and O–H groups in total. The van der Waals surface area contributed by atoms with E-state index in [2.05, 4.69) is 15.3 Å². The second-order valence-corrected chi connectivity index (χ2v) is 2.48. The molecule has 0 spiro atoms. The van der Waals surface area contributed by atoms with Gasteiger partial charge in [-0.25, -0.2) is 9.31 Å². The summed E-state index contributed by atoms with van der Waals surface area (Å²) in [6.45, 7) is 0. The van der Waals surface area contributed by atoms with Crippen molar-refractivity contribution < 1.29 is 14.6 Å². The van der Waals surface area contributed by atoms with Gasteiger partial charge in [-0.1, -0.05) is 5.21 Å². The van der Waals surface area contributed by atoms with Crippen LogP contribution in [0.1, 0.15) is 10.5 Å². The lowest BCUT2D eigenvalue weighted by atomic mass is 10.4. The van der Waals surface area contributed by atoms with Crippen LogP contribution in [-0.4, -0.2) is 38.0 Å². The van der Waals surface area contributed by atoms with Gasteiger partial charge in [-0.15, -0.1) is 5.10 Å². The predicted molar refractivity (Wildman–Crippen MR) is 44.3 cm³/mol. The lowest BCUT2D eigenvalue weighted by molar-refractivity contribution is 0.0692. The van der Waals surface area contributed by atoms with Crippen molar-refractivity contribution in [3.05, 3.63) is 18.0 Å². The maximum Gasteiger partial charge on any atom is 0.360 e. The first-order chi connectivity index (χ1) is 6.72. The second kappa shape index (κ2) is 2.95. The van der Waals surface area contributed by atoms with Crippen molar-refractivity contribution in [2.45, 2.75) is 0 Å². The van der Waals surface area contributed by atoms with Crippen LogP contribution >= 0.6 is 0 Å². The molecule has 0 aliphatic heterocycles. The van der Waals surface area contributed by atoms with Crippen molar-refractivity contribution in [3.63, 3.8) is 0 Å². The summed E-state index contributed by atoms with van der Waals surface area (Å²) in [4.78, 5) is 14.6. The molecule has 0 aliphatic carbocycles. The third kappa shape index (κ3) is 1.15. The SMILES string of the molecule is COc1ccn2nnc(C(=O)O)c2n1. The second-order valence-electron chi connectivity index (χ2n) is 2.48. The maximum atomic E-state index is 10.7. The highest BCUT2D eigenvalue weighted by molar-refractivity contribution is 5.91. The van der Waals surface area contributed by atoms with Crippen LogP contribution in [0, 0.1) is 0 Å². The summed E-state index contributed by atoms with van der Waals surface area (Å²) < 4.78 is 6.12. The van der Waals surface area contributed by atoms with Crippen LogP contribution in [0.3, 0.4) is 0 Å². The average Bonchev–Trinajstić information content (AvgIpc) is 2.59. The van der Waals surface area contributed by atoms with Crippen molar-refractivity contribution in [2.24, 2.45) is 0 Å². The van der Waals surface area contributed by atoms with Gasteiger partial charge >= 0.3 is 5.97 Å². The fraction of sp³-hybridized carbons (Fsp3) is 0.143. The van der Waals surface area contributed by atoms with Crippen LogP contribution in [-0.2, 0) is 0 Å². The number of carbonyl (C=O) groups is 1. The highest BCUT2D eigenvalue weighted by Gasteiger charge is 2.14. The van der Waals surface area contributed by atoms with Gasteiger partial charge in [0.05, 0.1) is 7.11 Å². The molecule has 14 heavy (non-hydrogen) atoms. The fourth-order valence-corrected chi connectivity index (χ4v) is 1.02. The molecular weight excluding hydrogens is 188 g/mol. The summed E-state index contributed by atoms with van der Waals surface area (Å²) in [7, 11) is 1.45. The van der Waals surface area contributed by atoms with Crippen LogP contribution in [0.5, 0.6) is 5.88 Å². The third-order valence-electron chi connectivity index (χ3n) is 1.66. The van der Waals surface area contributed by atoms with Gasteiger partial charge in [0.15, 0.2) is 5.65 Å². The monoisotopic (exact) mass is 194 g/mol. The molecule has 0 bridgehead atoms. The molecule has 0 unspecified atom stereocenters. The van der Waals surface area contributed by atoms with Crippen molar-refractivity contribution in [1.29, 1.82) is 0 Å². The van der Waals surface area contributed by atoms with Crippen molar-refractivity contribution in [1.82, 2.24) is 19.8 Å². The molecule has 7 heteroatoms. The van der Waals surface area contributed by atoms with E-state index in [1.165, 1.54) is 17.8 Å². The van der Waals surface area contributed by atoms with Crippen LogP contribution in [0.25, 0.3) is 5.65 Å². The Hall–Kier alpha value is -2.18. The van der Waals surface area contributed by atoms with Crippen LogP contribution in [0.4, 0.5) is 0 Å². The Balaban J connectivity index is 2.69. The first-order valence-electron chi connectivity index (χ1n) is 3.71. The Labute approximate surface area is 77.9 Å². The quantitative estimate of drug-likeness (QED) is 0.713. The first kappa shape index (κ1) is 8.42. The Kier molecular flexibility index (Phi) is 1.77. The number of aromatic carboxylic acids is 1. The molecule has 0 saturated carbocycles. The zero-order valence-corrected chi connectivity index (χ0v) is 7.21. The van der Waals surface area contributed by atoms with Crippen molar-refractivity contribution in [2.75, 3.05) is 7.11 Å². The molecule has 0 saturated heterocycles. The first-order valence-corrected chi connectivity index (χ1v) is 3.71. The van der Waals surface area contributed by atoms with E-state index in [4.69, 9.17) is 9.84 Å². The number of fused-ring (bicyclic) bond motifs is 1. The molecule has 72 valence electrons. The highest BCUT2D eigenvalue weighted by Crippen LogP contribution is 2.10. The number of carboxylic acids is 1. The largest absolute Gasteiger partial charge is 0.481 e. The molecule has 2 aromatic heterocycles. The Morgan fingerprint density at radius 3 is 3.07 bits per heavy atom. The number of hydrogen-bond donors (Lipinski definition) is 1. The van der Waals surface area contributed by atoms with Gasteiger partial charge in [0.1, 0.15) is 0 Å². The van der Waals surface area contributed by atoms with E-state index in [1.807, 2.05) is 0 Å². The minimum Gasteiger partial charge on any atom is -0.481 e. The third-order valence-corrected chi connectivity index (χ3v) is 1.66. The van der Waals surface area contributed by atoms with Gasteiger partial charge in [0.2, 0.25) is 11.6 Å². The molecule has 0 aromatic carbocycles. The van der Waals surface area contributed by atoms with E-state index in [0.717, 1.165) is 0 Å². The topological polar surface area (TPSA) is 89.6 Å². The summed E-state index contributed by atoms with van der Waals surface area (Å²) >= 11 is 0. The lowest BCUT2D eigenvalue weighted by Crippen LogP contribution is -1.99.